The Labute approximate surface area is 106 Å². The van der Waals surface area contributed by atoms with Crippen LogP contribution in [-0.4, -0.2) is 39.3 Å². The number of anilines is 1. The molecule has 5 nitrogen and oxygen atoms in total. The Kier molecular flexibility index (Phi) is 2.91. The van der Waals surface area contributed by atoms with Gasteiger partial charge in [0.1, 0.15) is 5.52 Å². The molecule has 0 unspecified atom stereocenters. The van der Waals surface area contributed by atoms with E-state index in [9.17, 15) is 5.11 Å². The Bertz CT molecular complexity index is 543. The molecule has 0 atom stereocenters. The molecule has 5 heteroatoms. The topological polar surface area (TPSA) is 54.2 Å². The number of nitrogens with zero attached hydrogens (tertiary/aromatic N) is 4. The van der Waals surface area contributed by atoms with Crippen LogP contribution >= 0.6 is 0 Å². The van der Waals surface area contributed by atoms with Crippen LogP contribution in [0.25, 0.3) is 11.0 Å². The highest BCUT2D eigenvalue weighted by atomic mass is 16.3. The summed E-state index contributed by atoms with van der Waals surface area (Å²) in [6.07, 6.45) is 5.73. The number of aryl methyl sites for hydroxylation is 1. The van der Waals surface area contributed by atoms with Gasteiger partial charge in [0.05, 0.1) is 11.8 Å². The van der Waals surface area contributed by atoms with E-state index in [0.29, 0.717) is 12.5 Å². The molecule has 0 aromatic carbocycles. The molecule has 0 radical (unpaired) electrons. The van der Waals surface area contributed by atoms with Crippen LogP contribution in [0.1, 0.15) is 12.8 Å². The lowest BCUT2D eigenvalue weighted by atomic mass is 9.98. The molecule has 96 valence electrons. The molecule has 1 saturated heterocycles. The van der Waals surface area contributed by atoms with Gasteiger partial charge in [-0.15, -0.1) is 0 Å². The molecule has 1 N–H and O–H groups in total. The van der Waals surface area contributed by atoms with Crippen LogP contribution in [0.2, 0.25) is 0 Å². The molecule has 1 aliphatic heterocycles. The summed E-state index contributed by atoms with van der Waals surface area (Å²) in [6, 6.07) is 1.99. The SMILES string of the molecule is Cn1cnc2c(N3CCC(CO)CC3)nccc21. The summed E-state index contributed by atoms with van der Waals surface area (Å²) in [5, 5.41) is 9.17. The predicted octanol–water partition coefficient (Wildman–Crippen LogP) is 1.18. The van der Waals surface area contributed by atoms with Crippen molar-refractivity contribution in [3.8, 4) is 0 Å². The van der Waals surface area contributed by atoms with Gasteiger partial charge < -0.3 is 14.6 Å². The zero-order valence-electron chi connectivity index (χ0n) is 10.6. The van der Waals surface area contributed by atoms with Crippen molar-refractivity contribution in [2.45, 2.75) is 12.8 Å². The van der Waals surface area contributed by atoms with Gasteiger partial charge in [0.2, 0.25) is 0 Å². The van der Waals surface area contributed by atoms with Crippen molar-refractivity contribution in [3.63, 3.8) is 0 Å². The fraction of sp³-hybridized carbons (Fsp3) is 0.538. The van der Waals surface area contributed by atoms with Crippen LogP contribution in [0.4, 0.5) is 5.82 Å². The van der Waals surface area contributed by atoms with Crippen LogP contribution in [0, 0.1) is 5.92 Å². The number of fused-ring (bicyclic) bond motifs is 1. The van der Waals surface area contributed by atoms with E-state index in [-0.39, 0.29) is 0 Å². The number of pyridine rings is 1. The molecule has 0 aliphatic carbocycles. The smallest absolute Gasteiger partial charge is 0.156 e. The molecule has 1 fully saturated rings. The van der Waals surface area contributed by atoms with Gasteiger partial charge in [-0.3, -0.25) is 0 Å². The average Bonchev–Trinajstić information content (AvgIpc) is 2.81. The van der Waals surface area contributed by atoms with Crippen molar-refractivity contribution < 1.29 is 5.11 Å². The summed E-state index contributed by atoms with van der Waals surface area (Å²) in [5.74, 6) is 1.42. The maximum atomic E-state index is 9.17. The lowest BCUT2D eigenvalue weighted by molar-refractivity contribution is 0.203. The Morgan fingerprint density at radius 3 is 2.83 bits per heavy atom. The van der Waals surface area contributed by atoms with Gasteiger partial charge >= 0.3 is 0 Å². The van der Waals surface area contributed by atoms with Crippen LogP contribution in [0.5, 0.6) is 0 Å². The van der Waals surface area contributed by atoms with E-state index in [1.807, 2.05) is 30.2 Å². The third-order valence-corrected chi connectivity index (χ3v) is 3.80. The molecule has 0 bridgehead atoms. The maximum absolute atomic E-state index is 9.17. The van der Waals surface area contributed by atoms with E-state index in [4.69, 9.17) is 0 Å². The van der Waals surface area contributed by atoms with Crippen molar-refractivity contribution in [2.75, 3.05) is 24.6 Å². The molecule has 1 aliphatic rings. The monoisotopic (exact) mass is 246 g/mol. The standard InChI is InChI=1S/C13H18N4O/c1-16-9-15-12-11(16)2-5-14-13(12)17-6-3-10(8-18)4-7-17/h2,5,9-10,18H,3-4,6-8H2,1H3. The van der Waals surface area contributed by atoms with Crippen molar-refractivity contribution in [2.24, 2.45) is 13.0 Å². The Balaban J connectivity index is 1.91. The minimum Gasteiger partial charge on any atom is -0.396 e. The fourth-order valence-electron chi connectivity index (χ4n) is 2.61. The predicted molar refractivity (Wildman–Crippen MR) is 70.5 cm³/mol. The second-order valence-electron chi connectivity index (χ2n) is 4.97. The highest BCUT2D eigenvalue weighted by molar-refractivity contribution is 5.86. The minimum absolute atomic E-state index is 0.301. The van der Waals surface area contributed by atoms with Gasteiger partial charge in [0.15, 0.2) is 5.82 Å². The number of aliphatic hydroxyl groups is 1. The third-order valence-electron chi connectivity index (χ3n) is 3.80. The van der Waals surface area contributed by atoms with Crippen molar-refractivity contribution in [3.05, 3.63) is 18.6 Å². The third kappa shape index (κ3) is 1.84. The molecule has 3 rings (SSSR count). The Morgan fingerprint density at radius 1 is 1.33 bits per heavy atom. The summed E-state index contributed by atoms with van der Waals surface area (Å²) >= 11 is 0. The lowest BCUT2D eigenvalue weighted by Gasteiger charge is -2.32. The number of piperidine rings is 1. The summed E-state index contributed by atoms with van der Waals surface area (Å²) in [7, 11) is 2.00. The summed E-state index contributed by atoms with van der Waals surface area (Å²) in [4.78, 5) is 11.2. The first-order valence-electron chi connectivity index (χ1n) is 6.41. The Morgan fingerprint density at radius 2 is 2.11 bits per heavy atom. The summed E-state index contributed by atoms with van der Waals surface area (Å²) < 4.78 is 2.01. The normalized spacial score (nSPS) is 17.6. The van der Waals surface area contributed by atoms with Crippen LogP contribution in [0.3, 0.4) is 0 Å². The Hall–Kier alpha value is -1.62. The molecule has 3 heterocycles. The van der Waals surface area contributed by atoms with E-state index >= 15 is 0 Å². The molecular weight excluding hydrogens is 228 g/mol. The summed E-state index contributed by atoms with van der Waals surface area (Å²) in [6.45, 7) is 2.21. The van der Waals surface area contributed by atoms with E-state index in [0.717, 1.165) is 42.8 Å². The molecule has 2 aromatic rings. The fourth-order valence-corrected chi connectivity index (χ4v) is 2.61. The first-order valence-corrected chi connectivity index (χ1v) is 6.41. The second kappa shape index (κ2) is 4.57. The van der Waals surface area contributed by atoms with Gasteiger partial charge in [0.25, 0.3) is 0 Å². The second-order valence-corrected chi connectivity index (χ2v) is 4.97. The highest BCUT2D eigenvalue weighted by Crippen LogP contribution is 2.26. The average molecular weight is 246 g/mol. The number of rotatable bonds is 2. The van der Waals surface area contributed by atoms with Gasteiger partial charge in [-0.25, -0.2) is 9.97 Å². The van der Waals surface area contributed by atoms with E-state index in [1.165, 1.54) is 0 Å². The van der Waals surface area contributed by atoms with E-state index in [1.54, 1.807) is 0 Å². The van der Waals surface area contributed by atoms with Crippen molar-refractivity contribution in [1.82, 2.24) is 14.5 Å². The molecule has 2 aromatic heterocycles. The number of imidazole rings is 1. The van der Waals surface area contributed by atoms with Gasteiger partial charge in [-0.2, -0.15) is 0 Å². The summed E-state index contributed by atoms with van der Waals surface area (Å²) in [5.41, 5.74) is 2.09. The molecule has 0 amide bonds. The van der Waals surface area contributed by atoms with Gasteiger partial charge in [-0.1, -0.05) is 0 Å². The largest absolute Gasteiger partial charge is 0.396 e. The van der Waals surface area contributed by atoms with Gasteiger partial charge in [-0.05, 0) is 24.8 Å². The van der Waals surface area contributed by atoms with Crippen molar-refractivity contribution >= 4 is 16.9 Å². The minimum atomic E-state index is 0.301. The first-order chi connectivity index (χ1) is 8.79. The number of hydrogen-bond donors (Lipinski definition) is 1. The molecular formula is C13H18N4O. The first kappa shape index (κ1) is 11.5. The molecule has 18 heavy (non-hydrogen) atoms. The van der Waals surface area contributed by atoms with Crippen LogP contribution < -0.4 is 4.90 Å². The number of hydrogen-bond acceptors (Lipinski definition) is 4. The zero-order valence-corrected chi connectivity index (χ0v) is 10.6. The quantitative estimate of drug-likeness (QED) is 0.864. The number of aliphatic hydroxyl groups excluding tert-OH is 1. The maximum Gasteiger partial charge on any atom is 0.156 e. The van der Waals surface area contributed by atoms with Crippen LogP contribution in [0.15, 0.2) is 18.6 Å². The highest BCUT2D eigenvalue weighted by Gasteiger charge is 2.21. The molecule has 0 saturated carbocycles. The number of aromatic nitrogens is 3. The van der Waals surface area contributed by atoms with E-state index in [2.05, 4.69) is 14.9 Å². The zero-order chi connectivity index (χ0) is 12.5. The van der Waals surface area contributed by atoms with Crippen molar-refractivity contribution in [1.29, 1.82) is 0 Å². The van der Waals surface area contributed by atoms with E-state index < -0.39 is 0 Å². The van der Waals surface area contributed by atoms with Crippen LogP contribution in [-0.2, 0) is 7.05 Å². The van der Waals surface area contributed by atoms with Gasteiger partial charge in [0, 0.05) is 32.9 Å². The molecule has 0 spiro atoms. The lowest BCUT2D eigenvalue weighted by Crippen LogP contribution is -2.35.